The molecule has 0 spiro atoms. The van der Waals surface area contributed by atoms with Crippen molar-refractivity contribution in [2.45, 2.75) is 34.2 Å². The van der Waals surface area contributed by atoms with Gasteiger partial charge in [-0.25, -0.2) is 4.99 Å². The van der Waals surface area contributed by atoms with Crippen molar-refractivity contribution in [3.05, 3.63) is 94.6 Å². The first-order chi connectivity index (χ1) is 12.5. The average Bonchev–Trinajstić information content (AvgIpc) is 2.63. The Morgan fingerprint density at radius 3 is 2.23 bits per heavy atom. The molecular weight excluding hydrogens is 318 g/mol. The van der Waals surface area contributed by atoms with E-state index < -0.39 is 0 Å². The lowest BCUT2D eigenvalue weighted by molar-refractivity contribution is 1.06. The van der Waals surface area contributed by atoms with Crippen LogP contribution >= 0.6 is 0 Å². The zero-order valence-corrected chi connectivity index (χ0v) is 16.0. The third-order valence-corrected chi connectivity index (χ3v) is 3.91. The summed E-state index contributed by atoms with van der Waals surface area (Å²) in [4.78, 5) is 9.42. The zero-order chi connectivity index (χ0) is 18.9. The molecule has 26 heavy (non-hydrogen) atoms. The molecule has 3 heteroatoms. The summed E-state index contributed by atoms with van der Waals surface area (Å²) < 4.78 is 0. The molecule has 0 saturated carbocycles. The van der Waals surface area contributed by atoms with Crippen LogP contribution in [-0.2, 0) is 6.54 Å². The number of allylic oxidation sites excluding steroid dienone is 2. The third-order valence-electron chi connectivity index (χ3n) is 3.91. The first-order valence-electron chi connectivity index (χ1n) is 8.84. The summed E-state index contributed by atoms with van der Waals surface area (Å²) in [5.74, 6) is 1.12. The Kier molecular flexibility index (Phi) is 7.10. The molecule has 0 aliphatic rings. The Morgan fingerprint density at radius 2 is 1.65 bits per heavy atom. The third kappa shape index (κ3) is 5.55. The lowest BCUT2D eigenvalue weighted by atomic mass is 10.1. The number of benzene rings is 2. The van der Waals surface area contributed by atoms with Crippen molar-refractivity contribution in [2.75, 3.05) is 0 Å². The van der Waals surface area contributed by atoms with Crippen molar-refractivity contribution in [1.82, 2.24) is 0 Å². The van der Waals surface area contributed by atoms with Crippen molar-refractivity contribution in [1.29, 1.82) is 0 Å². The molecule has 2 aromatic rings. The van der Waals surface area contributed by atoms with Gasteiger partial charge in [0, 0.05) is 11.1 Å². The van der Waals surface area contributed by atoms with Gasteiger partial charge in [-0.2, -0.15) is 0 Å². The SMILES string of the molecule is C/C=C\C(=C/C)C(N)=NC(=NCc1ccccc1)c1cc(C)cc(C)c1. The minimum absolute atomic E-state index is 0.469. The van der Waals surface area contributed by atoms with Crippen LogP contribution in [-0.4, -0.2) is 11.7 Å². The van der Waals surface area contributed by atoms with Crippen LogP contribution in [0.1, 0.15) is 36.1 Å². The van der Waals surface area contributed by atoms with Gasteiger partial charge in [-0.3, -0.25) is 4.99 Å². The number of nitrogens with zero attached hydrogens (tertiary/aromatic N) is 2. The normalized spacial score (nSPS) is 13.5. The number of hydrogen-bond donors (Lipinski definition) is 1. The summed E-state index contributed by atoms with van der Waals surface area (Å²) in [6, 6.07) is 16.5. The highest BCUT2D eigenvalue weighted by Crippen LogP contribution is 2.13. The maximum atomic E-state index is 6.25. The fourth-order valence-electron chi connectivity index (χ4n) is 2.73. The van der Waals surface area contributed by atoms with Crippen molar-refractivity contribution in [2.24, 2.45) is 15.7 Å². The Morgan fingerprint density at radius 1 is 1.00 bits per heavy atom. The molecule has 0 heterocycles. The van der Waals surface area contributed by atoms with Crippen LogP contribution in [0.15, 0.2) is 82.3 Å². The highest BCUT2D eigenvalue weighted by molar-refractivity contribution is 6.11. The van der Waals surface area contributed by atoms with E-state index in [-0.39, 0.29) is 0 Å². The smallest absolute Gasteiger partial charge is 0.157 e. The van der Waals surface area contributed by atoms with Gasteiger partial charge in [0.05, 0.1) is 6.54 Å². The summed E-state index contributed by atoms with van der Waals surface area (Å²) in [5, 5.41) is 0. The minimum Gasteiger partial charge on any atom is -0.383 e. The van der Waals surface area contributed by atoms with Crippen LogP contribution in [0.3, 0.4) is 0 Å². The number of nitrogens with two attached hydrogens (primary N) is 1. The van der Waals surface area contributed by atoms with Gasteiger partial charge in [0.1, 0.15) is 5.84 Å². The van der Waals surface area contributed by atoms with E-state index in [1.807, 2.05) is 50.3 Å². The molecule has 0 bridgehead atoms. The molecule has 0 aliphatic carbocycles. The van der Waals surface area contributed by atoms with Gasteiger partial charge in [0.2, 0.25) is 0 Å². The van der Waals surface area contributed by atoms with Gasteiger partial charge < -0.3 is 5.73 Å². The first-order valence-corrected chi connectivity index (χ1v) is 8.84. The van der Waals surface area contributed by atoms with Crippen LogP contribution < -0.4 is 5.73 Å². The fraction of sp³-hybridized carbons (Fsp3) is 0.217. The molecule has 134 valence electrons. The lowest BCUT2D eigenvalue weighted by Crippen LogP contribution is -2.17. The van der Waals surface area contributed by atoms with Crippen molar-refractivity contribution >= 4 is 11.7 Å². The van der Waals surface area contributed by atoms with Crippen LogP contribution in [0.5, 0.6) is 0 Å². The number of hydrogen-bond acceptors (Lipinski definition) is 1. The molecule has 0 amide bonds. The molecule has 2 aromatic carbocycles. The van der Waals surface area contributed by atoms with Gasteiger partial charge in [-0.1, -0.05) is 65.8 Å². The molecule has 3 nitrogen and oxygen atoms in total. The summed E-state index contributed by atoms with van der Waals surface area (Å²) in [5.41, 5.74) is 11.6. The van der Waals surface area contributed by atoms with Crippen molar-refractivity contribution in [3.63, 3.8) is 0 Å². The Labute approximate surface area is 156 Å². The van der Waals surface area contributed by atoms with E-state index in [2.05, 4.69) is 49.2 Å². The number of aliphatic imine (C=N–C) groups is 2. The molecule has 0 unspecified atom stereocenters. The quantitative estimate of drug-likeness (QED) is 0.456. The average molecular weight is 345 g/mol. The Bertz CT molecular complexity index is 836. The van der Waals surface area contributed by atoms with Gasteiger partial charge >= 0.3 is 0 Å². The van der Waals surface area contributed by atoms with Gasteiger partial charge in [0.15, 0.2) is 5.84 Å². The standard InChI is InChI=1S/C23H27N3/c1-5-10-20(6-2)22(24)26-23(21-14-17(3)13-18(4)15-21)25-16-19-11-8-7-9-12-19/h5-15H,16H2,1-4H3,(H2,24,25,26)/b10-5-,20-6+. The number of amidine groups is 2. The van der Waals surface area contributed by atoms with E-state index in [0.717, 1.165) is 16.7 Å². The van der Waals surface area contributed by atoms with E-state index in [0.29, 0.717) is 18.2 Å². The highest BCUT2D eigenvalue weighted by atomic mass is 15.0. The molecule has 2 N–H and O–H groups in total. The predicted octanol–water partition coefficient (Wildman–Crippen LogP) is 5.13. The lowest BCUT2D eigenvalue weighted by Gasteiger charge is -2.08. The minimum atomic E-state index is 0.469. The Hall–Kier alpha value is -2.94. The maximum Gasteiger partial charge on any atom is 0.157 e. The zero-order valence-electron chi connectivity index (χ0n) is 16.0. The second kappa shape index (κ2) is 9.52. The predicted molar refractivity (Wildman–Crippen MR) is 113 cm³/mol. The molecule has 0 saturated heterocycles. The maximum absolute atomic E-state index is 6.25. The van der Waals surface area contributed by atoms with Crippen LogP contribution in [0.2, 0.25) is 0 Å². The van der Waals surface area contributed by atoms with Gasteiger partial charge in [-0.05, 0) is 45.4 Å². The monoisotopic (exact) mass is 345 g/mol. The molecule has 0 fully saturated rings. The van der Waals surface area contributed by atoms with Gasteiger partial charge in [0.25, 0.3) is 0 Å². The summed E-state index contributed by atoms with van der Waals surface area (Å²) in [6.45, 7) is 8.64. The summed E-state index contributed by atoms with van der Waals surface area (Å²) in [7, 11) is 0. The molecule has 2 rings (SSSR count). The number of rotatable bonds is 5. The van der Waals surface area contributed by atoms with Crippen LogP contribution in [0.4, 0.5) is 0 Å². The van der Waals surface area contributed by atoms with Crippen LogP contribution in [0, 0.1) is 13.8 Å². The van der Waals surface area contributed by atoms with E-state index in [1.165, 1.54) is 11.1 Å². The molecule has 0 aromatic heterocycles. The van der Waals surface area contributed by atoms with Crippen LogP contribution in [0.25, 0.3) is 0 Å². The van der Waals surface area contributed by atoms with Crippen molar-refractivity contribution < 1.29 is 0 Å². The summed E-state index contributed by atoms with van der Waals surface area (Å²) in [6.07, 6.45) is 5.86. The molecule has 0 atom stereocenters. The van der Waals surface area contributed by atoms with E-state index >= 15 is 0 Å². The second-order valence-electron chi connectivity index (χ2n) is 6.24. The Balaban J connectivity index is 2.47. The highest BCUT2D eigenvalue weighted by Gasteiger charge is 2.07. The topological polar surface area (TPSA) is 50.7 Å². The molecule has 0 aliphatic heterocycles. The fourth-order valence-corrected chi connectivity index (χ4v) is 2.73. The molecule has 0 radical (unpaired) electrons. The van der Waals surface area contributed by atoms with E-state index in [1.54, 1.807) is 0 Å². The largest absolute Gasteiger partial charge is 0.383 e. The number of aryl methyl sites for hydroxylation is 2. The van der Waals surface area contributed by atoms with E-state index in [4.69, 9.17) is 10.7 Å². The molecular formula is C23H27N3. The van der Waals surface area contributed by atoms with Crippen molar-refractivity contribution in [3.8, 4) is 0 Å². The second-order valence-corrected chi connectivity index (χ2v) is 6.24. The van der Waals surface area contributed by atoms with E-state index in [9.17, 15) is 0 Å². The summed E-state index contributed by atoms with van der Waals surface area (Å²) >= 11 is 0. The van der Waals surface area contributed by atoms with Gasteiger partial charge in [-0.15, -0.1) is 0 Å². The first kappa shape index (κ1) is 19.4.